The topological polar surface area (TPSA) is 59.5 Å². The Morgan fingerprint density at radius 2 is 1.81 bits per heavy atom. The molecule has 2 aromatic rings. The van der Waals surface area contributed by atoms with Crippen molar-refractivity contribution in [2.24, 2.45) is 0 Å². The van der Waals surface area contributed by atoms with Gasteiger partial charge in [-0.3, -0.25) is 0 Å². The zero-order chi connectivity index (χ0) is 18.1. The van der Waals surface area contributed by atoms with Crippen LogP contribution in [-0.2, 0) is 9.47 Å². The van der Waals surface area contributed by atoms with Gasteiger partial charge in [-0.05, 0) is 25.1 Å². The molecule has 1 N–H and O–H groups in total. The molecular formula is C18H20Cl2N4O2. The zero-order valence-electron chi connectivity index (χ0n) is 14.5. The second kappa shape index (κ2) is 7.19. The van der Waals surface area contributed by atoms with E-state index in [1.807, 2.05) is 13.0 Å². The number of aryl methyl sites for hydroxylation is 1. The van der Waals surface area contributed by atoms with Gasteiger partial charge in [-0.15, -0.1) is 0 Å². The largest absolute Gasteiger partial charge is 0.356 e. The van der Waals surface area contributed by atoms with E-state index in [2.05, 4.69) is 20.2 Å². The maximum atomic E-state index is 6.24. The van der Waals surface area contributed by atoms with Crippen LogP contribution in [0.3, 0.4) is 0 Å². The number of halogens is 2. The number of piperidine rings is 1. The van der Waals surface area contributed by atoms with Crippen LogP contribution in [-0.4, -0.2) is 42.1 Å². The zero-order valence-corrected chi connectivity index (χ0v) is 16.0. The molecule has 26 heavy (non-hydrogen) atoms. The quantitative estimate of drug-likeness (QED) is 0.842. The Morgan fingerprint density at radius 3 is 2.54 bits per heavy atom. The molecule has 0 aliphatic carbocycles. The molecule has 2 fully saturated rings. The van der Waals surface area contributed by atoms with Gasteiger partial charge in [-0.2, -0.15) is 0 Å². The third kappa shape index (κ3) is 3.74. The van der Waals surface area contributed by atoms with E-state index in [-0.39, 0.29) is 0 Å². The van der Waals surface area contributed by atoms with Crippen molar-refractivity contribution in [3.05, 3.63) is 40.1 Å². The molecule has 2 aliphatic heterocycles. The van der Waals surface area contributed by atoms with Crippen molar-refractivity contribution in [2.45, 2.75) is 25.6 Å². The number of ether oxygens (including phenoxy) is 2. The average molecular weight is 395 g/mol. The highest BCUT2D eigenvalue weighted by molar-refractivity contribution is 6.35. The van der Waals surface area contributed by atoms with Gasteiger partial charge in [0.15, 0.2) is 5.79 Å². The lowest BCUT2D eigenvalue weighted by Crippen LogP contribution is -2.45. The number of nitrogens with one attached hydrogen (secondary N) is 1. The van der Waals surface area contributed by atoms with Gasteiger partial charge in [-0.1, -0.05) is 23.2 Å². The summed E-state index contributed by atoms with van der Waals surface area (Å²) in [5.41, 5.74) is 0.716. The maximum Gasteiger partial charge on any atom is 0.171 e. The molecule has 4 rings (SSSR count). The number of hydrogen-bond donors (Lipinski definition) is 1. The van der Waals surface area contributed by atoms with E-state index in [1.165, 1.54) is 0 Å². The number of nitrogens with zero attached hydrogens (tertiary/aromatic N) is 3. The molecule has 6 nitrogen and oxygen atoms in total. The molecule has 3 heterocycles. The van der Waals surface area contributed by atoms with E-state index >= 15 is 0 Å². The smallest absolute Gasteiger partial charge is 0.171 e. The lowest BCUT2D eigenvalue weighted by molar-refractivity contribution is -0.169. The van der Waals surface area contributed by atoms with E-state index in [1.54, 1.807) is 18.2 Å². The Morgan fingerprint density at radius 1 is 1.08 bits per heavy atom. The Hall–Kier alpha value is -1.60. The molecule has 1 spiro atoms. The van der Waals surface area contributed by atoms with Crippen LogP contribution in [0.1, 0.15) is 18.7 Å². The number of aromatic nitrogens is 2. The maximum absolute atomic E-state index is 6.24. The molecule has 1 aromatic heterocycles. The Kier molecular flexibility index (Phi) is 4.92. The number of rotatable bonds is 3. The highest BCUT2D eigenvalue weighted by Gasteiger charge is 2.40. The van der Waals surface area contributed by atoms with Crippen LogP contribution in [0.5, 0.6) is 0 Å². The van der Waals surface area contributed by atoms with Crippen LogP contribution in [0.25, 0.3) is 0 Å². The van der Waals surface area contributed by atoms with Gasteiger partial charge in [-0.25, -0.2) is 9.97 Å². The Labute approximate surface area is 162 Å². The summed E-state index contributed by atoms with van der Waals surface area (Å²) in [5.74, 6) is 1.86. The first-order chi connectivity index (χ1) is 12.5. The second-order valence-corrected chi connectivity index (χ2v) is 7.35. The van der Waals surface area contributed by atoms with Crippen LogP contribution in [0.4, 0.5) is 17.3 Å². The van der Waals surface area contributed by atoms with Crippen molar-refractivity contribution >= 4 is 40.5 Å². The fourth-order valence-corrected chi connectivity index (χ4v) is 3.71. The summed E-state index contributed by atoms with van der Waals surface area (Å²) in [5, 5.41) is 4.44. The molecule has 0 radical (unpaired) electrons. The minimum atomic E-state index is -0.395. The highest BCUT2D eigenvalue weighted by atomic mass is 35.5. The third-order valence-electron chi connectivity index (χ3n) is 4.68. The summed E-state index contributed by atoms with van der Waals surface area (Å²) in [4.78, 5) is 11.3. The van der Waals surface area contributed by atoms with E-state index in [9.17, 15) is 0 Å². The summed E-state index contributed by atoms with van der Waals surface area (Å²) in [6.07, 6.45) is 1.66. The highest BCUT2D eigenvalue weighted by Crippen LogP contribution is 2.34. The number of hydrogen-bond acceptors (Lipinski definition) is 6. The summed E-state index contributed by atoms with van der Waals surface area (Å²) < 4.78 is 11.6. The van der Waals surface area contributed by atoms with Gasteiger partial charge in [0.25, 0.3) is 0 Å². The van der Waals surface area contributed by atoms with Gasteiger partial charge in [0.05, 0.1) is 23.9 Å². The van der Waals surface area contributed by atoms with Gasteiger partial charge < -0.3 is 19.7 Å². The normalized spacial score (nSPS) is 19.1. The van der Waals surface area contributed by atoms with Crippen molar-refractivity contribution in [1.82, 2.24) is 9.97 Å². The minimum Gasteiger partial charge on any atom is -0.356 e. The summed E-state index contributed by atoms with van der Waals surface area (Å²) in [6.45, 7) is 4.90. The van der Waals surface area contributed by atoms with Crippen LogP contribution in [0.2, 0.25) is 10.0 Å². The molecule has 1 aromatic carbocycles. The first-order valence-corrected chi connectivity index (χ1v) is 9.39. The second-order valence-electron chi connectivity index (χ2n) is 6.50. The van der Waals surface area contributed by atoms with Crippen molar-refractivity contribution in [3.63, 3.8) is 0 Å². The first kappa shape index (κ1) is 17.8. The average Bonchev–Trinajstić information content (AvgIpc) is 3.06. The molecule has 2 saturated heterocycles. The predicted molar refractivity (Wildman–Crippen MR) is 103 cm³/mol. The van der Waals surface area contributed by atoms with E-state index in [0.717, 1.165) is 31.7 Å². The van der Waals surface area contributed by atoms with Crippen molar-refractivity contribution in [2.75, 3.05) is 36.5 Å². The van der Waals surface area contributed by atoms with Crippen LogP contribution in [0, 0.1) is 6.92 Å². The van der Waals surface area contributed by atoms with E-state index in [4.69, 9.17) is 32.7 Å². The van der Waals surface area contributed by atoms with Crippen LogP contribution in [0.15, 0.2) is 24.3 Å². The van der Waals surface area contributed by atoms with Gasteiger partial charge in [0.1, 0.15) is 17.5 Å². The molecular weight excluding hydrogens is 375 g/mol. The Balaban J connectivity index is 1.52. The fourth-order valence-electron chi connectivity index (χ4n) is 3.37. The molecule has 0 saturated carbocycles. The van der Waals surface area contributed by atoms with Crippen LogP contribution < -0.4 is 10.2 Å². The molecule has 0 unspecified atom stereocenters. The van der Waals surface area contributed by atoms with Crippen molar-refractivity contribution in [3.8, 4) is 0 Å². The minimum absolute atomic E-state index is 0.395. The lowest BCUT2D eigenvalue weighted by Gasteiger charge is -2.38. The molecule has 8 heteroatoms. The molecule has 2 aliphatic rings. The SMILES string of the molecule is Cc1nc(Nc2cc(Cl)ccc2Cl)cc(N2CCC3(CC2)OCCO3)n1. The van der Waals surface area contributed by atoms with Gasteiger partial charge in [0, 0.05) is 37.0 Å². The molecule has 138 valence electrons. The third-order valence-corrected chi connectivity index (χ3v) is 5.24. The lowest BCUT2D eigenvalue weighted by atomic mass is 10.0. The molecule has 0 atom stereocenters. The summed E-state index contributed by atoms with van der Waals surface area (Å²) in [6, 6.07) is 7.22. The molecule has 0 bridgehead atoms. The van der Waals surface area contributed by atoms with Gasteiger partial charge >= 0.3 is 0 Å². The van der Waals surface area contributed by atoms with Gasteiger partial charge in [0.2, 0.25) is 0 Å². The number of benzene rings is 1. The number of anilines is 3. The van der Waals surface area contributed by atoms with Crippen LogP contribution >= 0.6 is 23.2 Å². The monoisotopic (exact) mass is 394 g/mol. The van der Waals surface area contributed by atoms with Crippen molar-refractivity contribution in [1.29, 1.82) is 0 Å². The standard InChI is InChI=1S/C18H20Cl2N4O2/c1-12-21-16(23-15-10-13(19)2-3-14(15)20)11-17(22-12)24-6-4-18(5-7-24)25-8-9-26-18/h2-3,10-11H,4-9H2,1H3,(H,21,22,23). The fraction of sp³-hybridized carbons (Fsp3) is 0.444. The predicted octanol–water partition coefficient (Wildman–Crippen LogP) is 4.18. The Bertz CT molecular complexity index is 802. The van der Waals surface area contributed by atoms with E-state index < -0.39 is 5.79 Å². The summed E-state index contributed by atoms with van der Waals surface area (Å²) in [7, 11) is 0. The first-order valence-electron chi connectivity index (χ1n) is 8.64. The summed E-state index contributed by atoms with van der Waals surface area (Å²) >= 11 is 12.3. The van der Waals surface area contributed by atoms with E-state index in [0.29, 0.717) is 40.6 Å². The molecule has 0 amide bonds. The van der Waals surface area contributed by atoms with Crippen molar-refractivity contribution < 1.29 is 9.47 Å².